The van der Waals surface area contributed by atoms with E-state index in [0.29, 0.717) is 73.2 Å². The molecule has 4 aromatic carbocycles. The molecule has 5 N–H and O–H groups in total. The number of nitrogens with zero attached hydrogens (tertiary/aromatic N) is 6. The lowest BCUT2D eigenvalue weighted by Crippen LogP contribution is -1.83. The van der Waals surface area contributed by atoms with Crippen LogP contribution < -0.4 is 0 Å². The maximum absolute atomic E-state index is 10.4. The van der Waals surface area contributed by atoms with Crippen LogP contribution in [-0.4, -0.2) is 55.2 Å². The third-order valence-corrected chi connectivity index (χ3v) is 7.94. The number of phenols is 3. The van der Waals surface area contributed by atoms with Crippen molar-refractivity contribution < 1.29 is 15.3 Å². The first kappa shape index (κ1) is 24.3. The number of aromatic hydroxyl groups is 3. The quantitative estimate of drug-likeness (QED) is 0.139. The molecule has 0 aliphatic carbocycles. The molecule has 0 amide bonds. The lowest BCUT2D eigenvalue weighted by atomic mass is 10.1. The number of aromatic amines is 2. The first-order valence-corrected chi connectivity index (χ1v) is 13.8. The third-order valence-electron chi connectivity index (χ3n) is 7.94. The van der Waals surface area contributed by atoms with Crippen LogP contribution in [0.1, 0.15) is 5.56 Å². The Morgan fingerprint density at radius 2 is 0.818 bits per heavy atom. The Balaban J connectivity index is 1.51. The van der Waals surface area contributed by atoms with Gasteiger partial charge in [-0.2, -0.15) is 0 Å². The number of aromatic nitrogens is 8. The number of hydrogen-bond donors (Lipinski definition) is 5. The van der Waals surface area contributed by atoms with Gasteiger partial charge in [0.2, 0.25) is 0 Å². The fourth-order valence-corrected chi connectivity index (χ4v) is 5.87. The van der Waals surface area contributed by atoms with Gasteiger partial charge in [0.1, 0.15) is 39.8 Å². The fraction of sp³-hybridized carbons (Fsp3) is 0.0303. The lowest BCUT2D eigenvalue weighted by molar-refractivity contribution is 0.475. The largest absolute Gasteiger partial charge is 0.508 e. The number of benzene rings is 4. The van der Waals surface area contributed by atoms with Crippen LogP contribution in [0.5, 0.6) is 17.2 Å². The minimum absolute atomic E-state index is 0.0621. The standard InChI is InChI=1S/C33H20N8O3/c1-14-2-6-18-22(10-14)30-34-26(18)36-31-24-12-16(43)4-8-20(24)28(38-31)40-33-25-13-17(44)5-9-21(25)29(41-33)39-32-23-11-15(42)3-7-19(23)27(35-30)37-32/h2-13,42-44H,1H3,(H2,34,35,36,37,38,39,40,41). The molecule has 0 saturated heterocycles. The Labute approximate surface area is 247 Å². The van der Waals surface area contributed by atoms with Crippen molar-refractivity contribution in [1.82, 2.24) is 39.9 Å². The van der Waals surface area contributed by atoms with Gasteiger partial charge >= 0.3 is 0 Å². The molecule has 0 radical (unpaired) electrons. The summed E-state index contributed by atoms with van der Waals surface area (Å²) >= 11 is 0. The monoisotopic (exact) mass is 576 g/mol. The van der Waals surface area contributed by atoms with E-state index in [1.165, 1.54) is 0 Å². The fourth-order valence-electron chi connectivity index (χ4n) is 5.87. The van der Waals surface area contributed by atoms with Gasteiger partial charge in [-0.3, -0.25) is 0 Å². The van der Waals surface area contributed by atoms with E-state index in [4.69, 9.17) is 29.9 Å². The van der Waals surface area contributed by atoms with E-state index in [0.717, 1.165) is 22.1 Å². The molecule has 11 nitrogen and oxygen atoms in total. The van der Waals surface area contributed by atoms with Gasteiger partial charge < -0.3 is 25.3 Å². The Kier molecular flexibility index (Phi) is 4.73. The van der Waals surface area contributed by atoms with Crippen molar-refractivity contribution in [3.8, 4) is 62.8 Å². The van der Waals surface area contributed by atoms with Gasteiger partial charge in [0, 0.05) is 43.8 Å². The van der Waals surface area contributed by atoms with E-state index in [2.05, 4.69) is 9.97 Å². The molecule has 0 spiro atoms. The molecule has 0 saturated carbocycles. The van der Waals surface area contributed by atoms with Crippen molar-refractivity contribution in [2.75, 3.05) is 0 Å². The summed E-state index contributed by atoms with van der Waals surface area (Å²) in [5.41, 5.74) is 5.83. The summed E-state index contributed by atoms with van der Waals surface area (Å²) in [5.74, 6) is 1.86. The average molecular weight is 577 g/mol. The Hall–Kier alpha value is -6.36. The van der Waals surface area contributed by atoms with Gasteiger partial charge in [-0.05, 0) is 67.6 Å². The normalized spacial score (nSPS) is 12.0. The topological polar surface area (TPSA) is 170 Å². The molecule has 8 bridgehead atoms. The van der Waals surface area contributed by atoms with Gasteiger partial charge in [0.15, 0.2) is 23.3 Å². The summed E-state index contributed by atoms with van der Waals surface area (Å²) in [7, 11) is 0. The van der Waals surface area contributed by atoms with Crippen LogP contribution >= 0.6 is 0 Å². The van der Waals surface area contributed by atoms with Crippen LogP contribution in [0.3, 0.4) is 0 Å². The lowest BCUT2D eigenvalue weighted by Gasteiger charge is -1.99. The van der Waals surface area contributed by atoms with Crippen molar-refractivity contribution in [3.05, 3.63) is 78.4 Å². The third kappa shape index (κ3) is 3.56. The summed E-state index contributed by atoms with van der Waals surface area (Å²) < 4.78 is 0. The van der Waals surface area contributed by atoms with Crippen molar-refractivity contribution >= 4 is 44.1 Å². The second-order valence-corrected chi connectivity index (χ2v) is 10.8. The highest BCUT2D eigenvalue weighted by atomic mass is 16.3. The van der Waals surface area contributed by atoms with E-state index in [1.807, 2.05) is 25.1 Å². The molecule has 0 atom stereocenters. The van der Waals surface area contributed by atoms with Crippen LogP contribution in [0, 0.1) is 6.92 Å². The molecule has 3 aromatic heterocycles. The van der Waals surface area contributed by atoms with E-state index in [-0.39, 0.29) is 17.2 Å². The van der Waals surface area contributed by atoms with Crippen LogP contribution in [0.15, 0.2) is 72.8 Å². The molecule has 7 aromatic rings. The summed E-state index contributed by atoms with van der Waals surface area (Å²) in [6.07, 6.45) is 0. The molecule has 0 fully saturated rings. The number of aryl methyl sites for hydroxylation is 1. The number of fused-ring (bicyclic) bond motifs is 20. The maximum atomic E-state index is 10.4. The van der Waals surface area contributed by atoms with E-state index in [9.17, 15) is 15.3 Å². The van der Waals surface area contributed by atoms with Gasteiger partial charge in [-0.1, -0.05) is 17.7 Å². The van der Waals surface area contributed by atoms with Crippen molar-refractivity contribution in [3.63, 3.8) is 0 Å². The number of hydrogen-bond acceptors (Lipinski definition) is 9. The van der Waals surface area contributed by atoms with Crippen LogP contribution in [0.2, 0.25) is 0 Å². The number of phenolic OH excluding ortho intramolecular Hbond substituents is 3. The first-order chi connectivity index (χ1) is 21.4. The molecule has 2 aliphatic rings. The maximum Gasteiger partial charge on any atom is 0.164 e. The number of H-pyrrole nitrogens is 2. The first-order valence-electron chi connectivity index (χ1n) is 13.8. The van der Waals surface area contributed by atoms with E-state index < -0.39 is 0 Å². The van der Waals surface area contributed by atoms with Crippen molar-refractivity contribution in [2.24, 2.45) is 0 Å². The summed E-state index contributed by atoms with van der Waals surface area (Å²) in [5, 5.41) is 33.9. The predicted octanol–water partition coefficient (Wildman–Crippen LogP) is 6.29. The SMILES string of the molecule is Cc1ccc2c(c1)-c1nc-2nc2[nH]c(nc3nc(nc4[nH]c(n1)c1ccc(O)cc41)-c1ccc(O)cc1-3)c1ccc(O)cc21. The van der Waals surface area contributed by atoms with Gasteiger partial charge in [0.05, 0.1) is 0 Å². The Bertz CT molecular complexity index is 2390. The molecule has 5 heterocycles. The molecule has 11 heteroatoms. The molecule has 44 heavy (non-hydrogen) atoms. The van der Waals surface area contributed by atoms with Crippen molar-refractivity contribution in [2.45, 2.75) is 6.92 Å². The molecular formula is C33H20N8O3. The molecular weight excluding hydrogens is 556 g/mol. The zero-order valence-electron chi connectivity index (χ0n) is 23.0. The zero-order chi connectivity index (χ0) is 29.7. The van der Waals surface area contributed by atoms with Gasteiger partial charge in [0.25, 0.3) is 0 Å². The van der Waals surface area contributed by atoms with E-state index >= 15 is 0 Å². The minimum atomic E-state index is 0.0621. The summed E-state index contributed by atoms with van der Waals surface area (Å²) in [4.78, 5) is 35.9. The molecule has 0 unspecified atom stereocenters. The highest BCUT2D eigenvalue weighted by Crippen LogP contribution is 2.38. The second-order valence-electron chi connectivity index (χ2n) is 10.8. The number of rotatable bonds is 0. The smallest absolute Gasteiger partial charge is 0.164 e. The minimum Gasteiger partial charge on any atom is -0.508 e. The van der Waals surface area contributed by atoms with Crippen LogP contribution in [-0.2, 0) is 0 Å². The highest BCUT2D eigenvalue weighted by molar-refractivity contribution is 6.07. The Morgan fingerprint density at radius 1 is 0.409 bits per heavy atom. The van der Waals surface area contributed by atoms with Gasteiger partial charge in [-0.15, -0.1) is 0 Å². The summed E-state index contributed by atoms with van der Waals surface area (Å²) in [6.45, 7) is 2.01. The zero-order valence-corrected chi connectivity index (χ0v) is 23.0. The van der Waals surface area contributed by atoms with E-state index in [1.54, 1.807) is 54.6 Å². The average Bonchev–Trinajstić information content (AvgIpc) is 3.71. The number of nitrogens with one attached hydrogen (secondary N) is 2. The Morgan fingerprint density at radius 3 is 1.36 bits per heavy atom. The molecule has 2 aliphatic heterocycles. The van der Waals surface area contributed by atoms with Gasteiger partial charge in [-0.25, -0.2) is 29.9 Å². The predicted molar refractivity (Wildman–Crippen MR) is 166 cm³/mol. The molecule has 9 rings (SSSR count). The van der Waals surface area contributed by atoms with Crippen LogP contribution in [0.25, 0.3) is 89.7 Å². The van der Waals surface area contributed by atoms with Crippen molar-refractivity contribution in [1.29, 1.82) is 0 Å². The highest BCUT2D eigenvalue weighted by Gasteiger charge is 2.23. The van der Waals surface area contributed by atoms with Crippen LogP contribution in [0.4, 0.5) is 0 Å². The summed E-state index contributed by atoms with van der Waals surface area (Å²) in [6, 6.07) is 20.9. The second kappa shape index (κ2) is 8.58. The molecule has 210 valence electrons.